The standard InChI is InChI=1S/C19H24N2O4/c22-16-10-4-5-12-21(16)17(14-7-2-1-3-8-14)18(23)20-11-6-9-15(13-20)19(24)25/h1-3,7-8,15,17H,4-6,9-13H2,(H,24,25)/t15-,17-/m0/s1. The van der Waals surface area contributed by atoms with E-state index in [2.05, 4.69) is 0 Å². The zero-order valence-electron chi connectivity index (χ0n) is 14.3. The summed E-state index contributed by atoms with van der Waals surface area (Å²) in [5, 5.41) is 9.28. The average molecular weight is 344 g/mol. The van der Waals surface area contributed by atoms with Crippen LogP contribution in [0.1, 0.15) is 43.7 Å². The van der Waals surface area contributed by atoms with Crippen molar-refractivity contribution in [3.05, 3.63) is 35.9 Å². The fraction of sp³-hybridized carbons (Fsp3) is 0.526. The number of carboxylic acids is 1. The number of carboxylic acid groups (broad SMARTS) is 1. The Balaban J connectivity index is 1.87. The first-order chi connectivity index (χ1) is 12.1. The maximum absolute atomic E-state index is 13.3. The van der Waals surface area contributed by atoms with Crippen molar-refractivity contribution in [2.24, 2.45) is 5.92 Å². The van der Waals surface area contributed by atoms with E-state index < -0.39 is 17.9 Å². The van der Waals surface area contributed by atoms with Crippen LogP contribution in [-0.4, -0.2) is 52.3 Å². The minimum absolute atomic E-state index is 0.000229. The molecule has 6 nitrogen and oxygen atoms in total. The summed E-state index contributed by atoms with van der Waals surface area (Å²) in [7, 11) is 0. The highest BCUT2D eigenvalue weighted by Crippen LogP contribution is 2.29. The zero-order chi connectivity index (χ0) is 17.8. The van der Waals surface area contributed by atoms with E-state index in [1.54, 1.807) is 9.80 Å². The van der Waals surface area contributed by atoms with Crippen LogP contribution in [-0.2, 0) is 14.4 Å². The molecule has 2 aliphatic heterocycles. The predicted octanol–water partition coefficient (Wildman–Crippen LogP) is 2.06. The van der Waals surface area contributed by atoms with Crippen molar-refractivity contribution in [1.82, 2.24) is 9.80 Å². The number of amides is 2. The van der Waals surface area contributed by atoms with E-state index in [0.29, 0.717) is 32.4 Å². The van der Waals surface area contributed by atoms with Gasteiger partial charge >= 0.3 is 5.97 Å². The van der Waals surface area contributed by atoms with E-state index in [4.69, 9.17) is 0 Å². The summed E-state index contributed by atoms with van der Waals surface area (Å²) < 4.78 is 0. The Morgan fingerprint density at radius 2 is 1.84 bits per heavy atom. The van der Waals surface area contributed by atoms with Gasteiger partial charge in [-0.3, -0.25) is 14.4 Å². The second-order valence-electron chi connectivity index (χ2n) is 6.82. The van der Waals surface area contributed by atoms with Crippen LogP contribution >= 0.6 is 0 Å². The molecule has 2 saturated heterocycles. The van der Waals surface area contributed by atoms with Gasteiger partial charge in [-0.05, 0) is 31.2 Å². The summed E-state index contributed by atoms with van der Waals surface area (Å²) in [5.74, 6) is -1.54. The number of hydrogen-bond acceptors (Lipinski definition) is 3. The molecular weight excluding hydrogens is 320 g/mol. The van der Waals surface area contributed by atoms with Gasteiger partial charge in [-0.2, -0.15) is 0 Å². The van der Waals surface area contributed by atoms with Gasteiger partial charge in [0.1, 0.15) is 6.04 Å². The maximum atomic E-state index is 13.3. The third-order valence-corrected chi connectivity index (χ3v) is 5.10. The van der Waals surface area contributed by atoms with Crippen LogP contribution in [0.3, 0.4) is 0 Å². The fourth-order valence-electron chi connectivity index (χ4n) is 3.74. The number of nitrogens with zero attached hydrogens (tertiary/aromatic N) is 2. The van der Waals surface area contributed by atoms with Crippen LogP contribution in [0.5, 0.6) is 0 Å². The van der Waals surface area contributed by atoms with E-state index in [-0.39, 0.29) is 18.4 Å². The monoisotopic (exact) mass is 344 g/mol. The maximum Gasteiger partial charge on any atom is 0.308 e. The third kappa shape index (κ3) is 3.83. The van der Waals surface area contributed by atoms with Crippen molar-refractivity contribution < 1.29 is 19.5 Å². The number of benzene rings is 1. The van der Waals surface area contributed by atoms with Gasteiger partial charge in [0.05, 0.1) is 5.92 Å². The number of hydrogen-bond donors (Lipinski definition) is 1. The topological polar surface area (TPSA) is 77.9 Å². The summed E-state index contributed by atoms with van der Waals surface area (Å²) in [6.07, 6.45) is 3.49. The van der Waals surface area contributed by atoms with Crippen molar-refractivity contribution in [3.63, 3.8) is 0 Å². The van der Waals surface area contributed by atoms with Crippen LogP contribution in [0, 0.1) is 5.92 Å². The predicted molar refractivity (Wildman–Crippen MR) is 91.7 cm³/mol. The highest BCUT2D eigenvalue weighted by molar-refractivity contribution is 5.89. The Hall–Kier alpha value is -2.37. The fourth-order valence-corrected chi connectivity index (χ4v) is 3.74. The van der Waals surface area contributed by atoms with Gasteiger partial charge in [-0.15, -0.1) is 0 Å². The molecular formula is C19H24N2O4. The van der Waals surface area contributed by atoms with E-state index in [1.165, 1.54) is 0 Å². The lowest BCUT2D eigenvalue weighted by Gasteiger charge is -2.39. The first kappa shape index (κ1) is 17.5. The Labute approximate surface area is 147 Å². The number of piperidine rings is 2. The summed E-state index contributed by atoms with van der Waals surface area (Å²) in [4.78, 5) is 40.3. The van der Waals surface area contributed by atoms with Crippen LogP contribution in [0.2, 0.25) is 0 Å². The number of carbonyl (C=O) groups is 3. The molecule has 2 aliphatic rings. The molecule has 0 aromatic heterocycles. The Morgan fingerprint density at radius 1 is 1.08 bits per heavy atom. The van der Waals surface area contributed by atoms with Crippen molar-refractivity contribution >= 4 is 17.8 Å². The lowest BCUT2D eigenvalue weighted by atomic mass is 9.95. The van der Waals surface area contributed by atoms with E-state index in [9.17, 15) is 19.5 Å². The van der Waals surface area contributed by atoms with Gasteiger partial charge in [0.15, 0.2) is 0 Å². The minimum Gasteiger partial charge on any atom is -0.481 e. The molecule has 0 aliphatic carbocycles. The molecule has 0 saturated carbocycles. The number of rotatable bonds is 4. The van der Waals surface area contributed by atoms with Crippen LogP contribution < -0.4 is 0 Å². The molecule has 0 radical (unpaired) electrons. The lowest BCUT2D eigenvalue weighted by molar-refractivity contribution is -0.152. The van der Waals surface area contributed by atoms with Crippen LogP contribution in [0.25, 0.3) is 0 Å². The summed E-state index contributed by atoms with van der Waals surface area (Å²) in [5.41, 5.74) is 0.792. The highest BCUT2D eigenvalue weighted by Gasteiger charge is 2.37. The summed E-state index contributed by atoms with van der Waals surface area (Å²) >= 11 is 0. The molecule has 134 valence electrons. The van der Waals surface area contributed by atoms with E-state index >= 15 is 0 Å². The molecule has 1 aromatic rings. The van der Waals surface area contributed by atoms with Gasteiger partial charge in [0, 0.05) is 26.1 Å². The molecule has 2 fully saturated rings. The molecule has 3 rings (SSSR count). The lowest BCUT2D eigenvalue weighted by Crippen LogP contribution is -2.50. The molecule has 0 spiro atoms. The number of carbonyl (C=O) groups excluding carboxylic acids is 2. The van der Waals surface area contributed by atoms with Gasteiger partial charge in [-0.25, -0.2) is 0 Å². The number of aliphatic carboxylic acids is 1. The van der Waals surface area contributed by atoms with Crippen molar-refractivity contribution in [2.75, 3.05) is 19.6 Å². The Kier molecular flexibility index (Phi) is 5.36. The first-order valence-electron chi connectivity index (χ1n) is 8.94. The zero-order valence-corrected chi connectivity index (χ0v) is 14.3. The average Bonchev–Trinajstić information content (AvgIpc) is 2.64. The molecule has 2 heterocycles. The molecule has 1 aromatic carbocycles. The molecule has 0 bridgehead atoms. The highest BCUT2D eigenvalue weighted by atomic mass is 16.4. The first-order valence-corrected chi connectivity index (χ1v) is 8.94. The SMILES string of the molecule is O=C(O)[C@H]1CCCN(C(=O)[C@H](c2ccccc2)N2CCCCC2=O)C1. The molecule has 25 heavy (non-hydrogen) atoms. The smallest absolute Gasteiger partial charge is 0.308 e. The van der Waals surface area contributed by atoms with Gasteiger partial charge < -0.3 is 14.9 Å². The molecule has 2 atom stereocenters. The molecule has 2 amide bonds. The number of likely N-dealkylation sites (tertiary alicyclic amines) is 2. The van der Waals surface area contributed by atoms with E-state index in [0.717, 1.165) is 18.4 Å². The van der Waals surface area contributed by atoms with Crippen molar-refractivity contribution in [3.8, 4) is 0 Å². The third-order valence-electron chi connectivity index (χ3n) is 5.10. The van der Waals surface area contributed by atoms with Crippen LogP contribution in [0.4, 0.5) is 0 Å². The van der Waals surface area contributed by atoms with Crippen molar-refractivity contribution in [2.45, 2.75) is 38.1 Å². The van der Waals surface area contributed by atoms with Gasteiger partial charge in [0.25, 0.3) is 0 Å². The molecule has 0 unspecified atom stereocenters. The Morgan fingerprint density at radius 3 is 2.52 bits per heavy atom. The normalized spacial score (nSPS) is 22.6. The second kappa shape index (κ2) is 7.68. The van der Waals surface area contributed by atoms with Gasteiger partial charge in [0.2, 0.25) is 11.8 Å². The molecule has 6 heteroatoms. The largest absolute Gasteiger partial charge is 0.481 e. The van der Waals surface area contributed by atoms with Gasteiger partial charge in [-0.1, -0.05) is 30.3 Å². The second-order valence-corrected chi connectivity index (χ2v) is 6.82. The quantitative estimate of drug-likeness (QED) is 0.907. The summed E-state index contributed by atoms with van der Waals surface area (Å²) in [6.45, 7) is 1.34. The van der Waals surface area contributed by atoms with Crippen molar-refractivity contribution in [1.29, 1.82) is 0 Å². The molecule has 1 N–H and O–H groups in total. The summed E-state index contributed by atoms with van der Waals surface area (Å²) in [6, 6.07) is 8.68. The minimum atomic E-state index is -0.859. The van der Waals surface area contributed by atoms with Crippen LogP contribution in [0.15, 0.2) is 30.3 Å². The van der Waals surface area contributed by atoms with E-state index in [1.807, 2.05) is 30.3 Å². The Bertz CT molecular complexity index is 646.